The zero-order valence-electron chi connectivity index (χ0n) is 11.6. The van der Waals surface area contributed by atoms with Crippen LogP contribution in [0.1, 0.15) is 10.6 Å². The fourth-order valence-electron chi connectivity index (χ4n) is 2.04. The van der Waals surface area contributed by atoms with Crippen molar-refractivity contribution in [1.82, 2.24) is 0 Å². The molecule has 21 heavy (non-hydrogen) atoms. The van der Waals surface area contributed by atoms with Crippen LogP contribution in [-0.2, 0) is 4.74 Å². The van der Waals surface area contributed by atoms with E-state index in [2.05, 4.69) is 4.74 Å². The molecule has 0 amide bonds. The summed E-state index contributed by atoms with van der Waals surface area (Å²) in [5, 5.41) is 18.9. The number of nitrogens with zero attached hydrogens (tertiary/aromatic N) is 1. The number of furan rings is 1. The molecule has 1 heterocycles. The SMILES string of the molecule is COC(=O)c1cc2cc(N(CCO)CCO)ccc2o1.Cl. The molecule has 1 aromatic heterocycles. The molecular formula is C14H18ClNO5. The third-order valence-corrected chi connectivity index (χ3v) is 2.99. The van der Waals surface area contributed by atoms with Crippen molar-refractivity contribution in [3.05, 3.63) is 30.0 Å². The van der Waals surface area contributed by atoms with Crippen molar-refractivity contribution < 1.29 is 24.2 Å². The summed E-state index contributed by atoms with van der Waals surface area (Å²) in [6.45, 7) is 0.842. The van der Waals surface area contributed by atoms with Gasteiger partial charge in [0.1, 0.15) is 5.58 Å². The molecule has 6 nitrogen and oxygen atoms in total. The second-order valence-electron chi connectivity index (χ2n) is 4.26. The summed E-state index contributed by atoms with van der Waals surface area (Å²) in [7, 11) is 1.30. The van der Waals surface area contributed by atoms with E-state index in [1.54, 1.807) is 12.1 Å². The molecule has 116 valence electrons. The van der Waals surface area contributed by atoms with Gasteiger partial charge in [0.15, 0.2) is 0 Å². The molecule has 2 N–H and O–H groups in total. The van der Waals surface area contributed by atoms with Crippen molar-refractivity contribution in [2.75, 3.05) is 38.3 Å². The first-order valence-electron chi connectivity index (χ1n) is 6.28. The molecule has 0 atom stereocenters. The number of hydrogen-bond acceptors (Lipinski definition) is 6. The minimum atomic E-state index is -0.523. The summed E-state index contributed by atoms with van der Waals surface area (Å²) in [6, 6.07) is 7.02. The van der Waals surface area contributed by atoms with Crippen LogP contribution in [0.2, 0.25) is 0 Å². The Hall–Kier alpha value is -1.76. The lowest BCUT2D eigenvalue weighted by Crippen LogP contribution is -2.29. The lowest BCUT2D eigenvalue weighted by Gasteiger charge is -2.22. The highest BCUT2D eigenvalue weighted by Crippen LogP contribution is 2.25. The monoisotopic (exact) mass is 315 g/mol. The van der Waals surface area contributed by atoms with Gasteiger partial charge in [-0.3, -0.25) is 0 Å². The predicted octanol–water partition coefficient (Wildman–Crippen LogP) is 1.43. The van der Waals surface area contributed by atoms with Gasteiger partial charge in [-0.15, -0.1) is 12.4 Å². The average molecular weight is 316 g/mol. The molecule has 0 spiro atoms. The van der Waals surface area contributed by atoms with Crippen molar-refractivity contribution >= 4 is 35.0 Å². The number of rotatable bonds is 6. The average Bonchev–Trinajstić information content (AvgIpc) is 2.89. The maximum absolute atomic E-state index is 11.4. The Balaban J connectivity index is 0.00000220. The summed E-state index contributed by atoms with van der Waals surface area (Å²) < 4.78 is 9.99. The van der Waals surface area contributed by atoms with Gasteiger partial charge in [0.2, 0.25) is 5.76 Å². The number of hydrogen-bond donors (Lipinski definition) is 2. The maximum Gasteiger partial charge on any atom is 0.373 e. The minimum absolute atomic E-state index is 0. The van der Waals surface area contributed by atoms with Crippen molar-refractivity contribution in [3.8, 4) is 0 Å². The molecule has 0 radical (unpaired) electrons. The van der Waals surface area contributed by atoms with Gasteiger partial charge in [0.05, 0.1) is 20.3 Å². The Kier molecular flexibility index (Phi) is 6.48. The Labute approximate surface area is 128 Å². The quantitative estimate of drug-likeness (QED) is 0.785. The number of carbonyl (C=O) groups excluding carboxylic acids is 1. The van der Waals surface area contributed by atoms with E-state index in [9.17, 15) is 4.79 Å². The smallest absolute Gasteiger partial charge is 0.373 e. The van der Waals surface area contributed by atoms with Gasteiger partial charge in [-0.05, 0) is 24.3 Å². The number of anilines is 1. The van der Waals surface area contributed by atoms with Gasteiger partial charge in [-0.25, -0.2) is 4.79 Å². The van der Waals surface area contributed by atoms with E-state index < -0.39 is 5.97 Å². The lowest BCUT2D eigenvalue weighted by molar-refractivity contribution is 0.0567. The Morgan fingerprint density at radius 1 is 1.24 bits per heavy atom. The molecule has 0 saturated heterocycles. The third kappa shape index (κ3) is 3.87. The highest BCUT2D eigenvalue weighted by Gasteiger charge is 2.14. The molecule has 0 bridgehead atoms. The lowest BCUT2D eigenvalue weighted by atomic mass is 10.2. The molecule has 7 heteroatoms. The van der Waals surface area contributed by atoms with E-state index in [0.717, 1.165) is 11.1 Å². The van der Waals surface area contributed by atoms with E-state index in [4.69, 9.17) is 14.6 Å². The van der Waals surface area contributed by atoms with Crippen molar-refractivity contribution in [1.29, 1.82) is 0 Å². The number of fused-ring (bicyclic) bond motifs is 1. The number of carbonyl (C=O) groups is 1. The van der Waals surface area contributed by atoms with E-state index in [1.165, 1.54) is 7.11 Å². The summed E-state index contributed by atoms with van der Waals surface area (Å²) in [4.78, 5) is 13.3. The Bertz CT molecular complexity index is 592. The van der Waals surface area contributed by atoms with Crippen LogP contribution < -0.4 is 4.90 Å². The zero-order valence-corrected chi connectivity index (χ0v) is 12.4. The van der Waals surface area contributed by atoms with E-state index in [0.29, 0.717) is 18.7 Å². The number of halogens is 1. The second kappa shape index (κ2) is 7.87. The molecule has 1 aromatic carbocycles. The van der Waals surface area contributed by atoms with Crippen LogP contribution in [0, 0.1) is 0 Å². The number of ether oxygens (including phenoxy) is 1. The van der Waals surface area contributed by atoms with Crippen LogP contribution >= 0.6 is 12.4 Å². The van der Waals surface area contributed by atoms with E-state index in [1.807, 2.05) is 17.0 Å². The van der Waals surface area contributed by atoms with Gasteiger partial charge in [0, 0.05) is 24.2 Å². The molecule has 2 aromatic rings. The molecule has 0 aliphatic heterocycles. The fourth-order valence-corrected chi connectivity index (χ4v) is 2.04. The number of esters is 1. The van der Waals surface area contributed by atoms with Crippen LogP contribution in [-0.4, -0.2) is 49.6 Å². The van der Waals surface area contributed by atoms with Crippen LogP contribution in [0.15, 0.2) is 28.7 Å². The molecule has 0 saturated carbocycles. The molecule has 0 unspecified atom stereocenters. The first-order chi connectivity index (χ1) is 9.69. The summed E-state index contributed by atoms with van der Waals surface area (Å²) in [6.07, 6.45) is 0. The highest BCUT2D eigenvalue weighted by molar-refractivity contribution is 5.93. The van der Waals surface area contributed by atoms with Crippen LogP contribution in [0.25, 0.3) is 11.0 Å². The number of aliphatic hydroxyl groups is 2. The van der Waals surface area contributed by atoms with Crippen molar-refractivity contribution in [2.45, 2.75) is 0 Å². The molecule has 0 fully saturated rings. The normalized spacial score (nSPS) is 10.2. The number of methoxy groups -OCH3 is 1. The third-order valence-electron chi connectivity index (χ3n) is 2.99. The Morgan fingerprint density at radius 3 is 2.48 bits per heavy atom. The molecule has 2 rings (SSSR count). The topological polar surface area (TPSA) is 83.1 Å². The first-order valence-corrected chi connectivity index (χ1v) is 6.28. The number of benzene rings is 1. The van der Waals surface area contributed by atoms with Gasteiger partial charge in [0.25, 0.3) is 0 Å². The second-order valence-corrected chi connectivity index (χ2v) is 4.26. The minimum Gasteiger partial charge on any atom is -0.463 e. The fraction of sp³-hybridized carbons (Fsp3) is 0.357. The van der Waals surface area contributed by atoms with Crippen LogP contribution in [0.5, 0.6) is 0 Å². The standard InChI is InChI=1S/C14H17NO5.ClH/c1-19-14(18)13-9-10-8-11(2-3-12(10)20-13)15(4-6-16)5-7-17;/h2-3,8-9,16-17H,4-7H2,1H3;1H. The van der Waals surface area contributed by atoms with Gasteiger partial charge in [-0.2, -0.15) is 0 Å². The van der Waals surface area contributed by atoms with Gasteiger partial charge < -0.3 is 24.3 Å². The highest BCUT2D eigenvalue weighted by atomic mass is 35.5. The van der Waals surface area contributed by atoms with E-state index in [-0.39, 0.29) is 31.4 Å². The largest absolute Gasteiger partial charge is 0.463 e. The van der Waals surface area contributed by atoms with Crippen LogP contribution in [0.3, 0.4) is 0 Å². The maximum atomic E-state index is 11.4. The van der Waals surface area contributed by atoms with Crippen LogP contribution in [0.4, 0.5) is 5.69 Å². The Morgan fingerprint density at radius 2 is 1.90 bits per heavy atom. The molecule has 0 aliphatic rings. The zero-order chi connectivity index (χ0) is 14.5. The molecule has 0 aliphatic carbocycles. The van der Waals surface area contributed by atoms with E-state index >= 15 is 0 Å². The van der Waals surface area contributed by atoms with Gasteiger partial charge >= 0.3 is 5.97 Å². The summed E-state index contributed by atoms with van der Waals surface area (Å²) >= 11 is 0. The first kappa shape index (κ1) is 17.3. The van der Waals surface area contributed by atoms with Crippen molar-refractivity contribution in [3.63, 3.8) is 0 Å². The molecular weight excluding hydrogens is 298 g/mol. The van der Waals surface area contributed by atoms with Gasteiger partial charge in [-0.1, -0.05) is 0 Å². The van der Waals surface area contributed by atoms with Crippen molar-refractivity contribution in [2.24, 2.45) is 0 Å². The summed E-state index contributed by atoms with van der Waals surface area (Å²) in [5.41, 5.74) is 1.43. The summed E-state index contributed by atoms with van der Waals surface area (Å²) in [5.74, 6) is -0.374. The number of aliphatic hydroxyl groups excluding tert-OH is 2. The predicted molar refractivity (Wildman–Crippen MR) is 81.2 cm³/mol.